The van der Waals surface area contributed by atoms with E-state index in [0.717, 1.165) is 18.0 Å². The molecule has 0 aromatic heterocycles. The van der Waals surface area contributed by atoms with Crippen LogP contribution >= 0.6 is 11.6 Å². The van der Waals surface area contributed by atoms with Gasteiger partial charge in [0.2, 0.25) is 0 Å². The third-order valence-corrected chi connectivity index (χ3v) is 2.80. The lowest BCUT2D eigenvalue weighted by Gasteiger charge is -2.12. The molecular weight excluding hydrogens is 246 g/mol. The zero-order valence-corrected chi connectivity index (χ0v) is 11.1. The molecule has 94 valence electrons. The number of halogens is 1. The van der Waals surface area contributed by atoms with Crippen LogP contribution in [0.1, 0.15) is 12.5 Å². The highest BCUT2D eigenvalue weighted by Crippen LogP contribution is 2.28. The second-order valence-electron chi connectivity index (χ2n) is 3.91. The molecule has 0 bridgehead atoms. The van der Waals surface area contributed by atoms with E-state index in [1.807, 2.05) is 43.3 Å². The van der Waals surface area contributed by atoms with Gasteiger partial charge in [0, 0.05) is 11.6 Å². The fraction of sp³-hybridized carbons (Fsp3) is 0.200. The lowest BCUT2D eigenvalue weighted by atomic mass is 10.2. The van der Waals surface area contributed by atoms with Gasteiger partial charge < -0.3 is 10.1 Å². The molecule has 0 spiro atoms. The summed E-state index contributed by atoms with van der Waals surface area (Å²) < 4.78 is 5.56. The molecule has 3 heteroatoms. The Morgan fingerprint density at radius 3 is 2.61 bits per heavy atom. The molecule has 0 aliphatic heterocycles. The summed E-state index contributed by atoms with van der Waals surface area (Å²) in [7, 11) is 0. The van der Waals surface area contributed by atoms with Gasteiger partial charge in [-0.2, -0.15) is 0 Å². The fourth-order valence-corrected chi connectivity index (χ4v) is 1.89. The Morgan fingerprint density at radius 1 is 1.11 bits per heavy atom. The monoisotopic (exact) mass is 261 g/mol. The quantitative estimate of drug-likeness (QED) is 0.864. The first-order chi connectivity index (χ1) is 8.79. The van der Waals surface area contributed by atoms with E-state index in [9.17, 15) is 0 Å². The lowest BCUT2D eigenvalue weighted by Crippen LogP contribution is -2.02. The van der Waals surface area contributed by atoms with Crippen molar-refractivity contribution in [2.45, 2.75) is 13.5 Å². The summed E-state index contributed by atoms with van der Waals surface area (Å²) in [5.41, 5.74) is 2.15. The average molecular weight is 262 g/mol. The number of ether oxygens (including phenoxy) is 1. The van der Waals surface area contributed by atoms with Crippen LogP contribution in [0.5, 0.6) is 5.75 Å². The van der Waals surface area contributed by atoms with Gasteiger partial charge in [-0.3, -0.25) is 0 Å². The number of rotatable bonds is 5. The Kier molecular flexibility index (Phi) is 4.48. The van der Waals surface area contributed by atoms with Crippen LogP contribution in [-0.2, 0) is 6.54 Å². The molecule has 2 aromatic rings. The molecule has 2 rings (SSSR count). The van der Waals surface area contributed by atoms with Crippen LogP contribution in [0.25, 0.3) is 0 Å². The van der Waals surface area contributed by atoms with Crippen molar-refractivity contribution < 1.29 is 4.74 Å². The van der Waals surface area contributed by atoms with Gasteiger partial charge in [0.25, 0.3) is 0 Å². The van der Waals surface area contributed by atoms with Crippen LogP contribution in [0.15, 0.2) is 48.5 Å². The Morgan fingerprint density at radius 2 is 1.89 bits per heavy atom. The van der Waals surface area contributed by atoms with Crippen molar-refractivity contribution in [2.75, 3.05) is 11.9 Å². The summed E-state index contributed by atoms with van der Waals surface area (Å²) in [6, 6.07) is 15.8. The zero-order valence-electron chi connectivity index (χ0n) is 10.3. The van der Waals surface area contributed by atoms with Crippen molar-refractivity contribution in [3.8, 4) is 5.75 Å². The molecule has 0 fully saturated rings. The largest absolute Gasteiger partial charge is 0.492 e. The first-order valence-corrected chi connectivity index (χ1v) is 6.37. The molecule has 2 nitrogen and oxygen atoms in total. The Hall–Kier alpha value is -1.67. The van der Waals surface area contributed by atoms with Crippen LogP contribution in [0.3, 0.4) is 0 Å². The second kappa shape index (κ2) is 6.31. The SMILES string of the molecule is CCOc1ccc(Cl)cc1NCc1ccccc1. The highest BCUT2D eigenvalue weighted by atomic mass is 35.5. The van der Waals surface area contributed by atoms with E-state index in [0.29, 0.717) is 11.6 Å². The van der Waals surface area contributed by atoms with Gasteiger partial charge in [0.1, 0.15) is 5.75 Å². The summed E-state index contributed by atoms with van der Waals surface area (Å²) in [4.78, 5) is 0. The fourth-order valence-electron chi connectivity index (χ4n) is 1.71. The summed E-state index contributed by atoms with van der Waals surface area (Å²) in [5, 5.41) is 4.05. The molecule has 2 aromatic carbocycles. The summed E-state index contributed by atoms with van der Waals surface area (Å²) in [6.07, 6.45) is 0. The van der Waals surface area contributed by atoms with Crippen molar-refractivity contribution in [1.82, 2.24) is 0 Å². The minimum atomic E-state index is 0.641. The third-order valence-electron chi connectivity index (χ3n) is 2.57. The predicted molar refractivity (Wildman–Crippen MR) is 76.4 cm³/mol. The molecule has 0 aliphatic rings. The molecule has 0 saturated carbocycles. The summed E-state index contributed by atoms with van der Waals surface area (Å²) in [6.45, 7) is 3.36. The van der Waals surface area contributed by atoms with E-state index in [2.05, 4.69) is 17.4 Å². The Labute approximate surface area is 113 Å². The highest BCUT2D eigenvalue weighted by molar-refractivity contribution is 6.30. The van der Waals surface area contributed by atoms with Gasteiger partial charge in [0.15, 0.2) is 0 Å². The molecule has 0 heterocycles. The van der Waals surface area contributed by atoms with Gasteiger partial charge in [0.05, 0.1) is 12.3 Å². The second-order valence-corrected chi connectivity index (χ2v) is 4.35. The Balaban J connectivity index is 2.10. The van der Waals surface area contributed by atoms with Gasteiger partial charge in [-0.1, -0.05) is 41.9 Å². The number of benzene rings is 2. The third kappa shape index (κ3) is 3.41. The molecule has 0 atom stereocenters. The first kappa shape index (κ1) is 12.8. The number of nitrogens with one attached hydrogen (secondary N) is 1. The maximum atomic E-state index is 6.00. The van der Waals surface area contributed by atoms with E-state index < -0.39 is 0 Å². The van der Waals surface area contributed by atoms with E-state index >= 15 is 0 Å². The molecular formula is C15H16ClNO. The van der Waals surface area contributed by atoms with E-state index in [-0.39, 0.29) is 0 Å². The molecule has 0 aliphatic carbocycles. The minimum Gasteiger partial charge on any atom is -0.492 e. The molecule has 0 radical (unpaired) electrons. The molecule has 18 heavy (non-hydrogen) atoms. The zero-order chi connectivity index (χ0) is 12.8. The van der Waals surface area contributed by atoms with Crippen molar-refractivity contribution in [3.05, 3.63) is 59.1 Å². The predicted octanol–water partition coefficient (Wildman–Crippen LogP) is 4.35. The standard InChI is InChI=1S/C15H16ClNO/c1-2-18-15-9-8-13(16)10-14(15)17-11-12-6-4-3-5-7-12/h3-10,17H,2,11H2,1H3. The lowest BCUT2D eigenvalue weighted by molar-refractivity contribution is 0.341. The molecule has 0 saturated heterocycles. The van der Waals surface area contributed by atoms with Gasteiger partial charge in [-0.05, 0) is 30.7 Å². The molecule has 0 unspecified atom stereocenters. The maximum absolute atomic E-state index is 6.00. The van der Waals surface area contributed by atoms with Gasteiger partial charge in [-0.25, -0.2) is 0 Å². The van der Waals surface area contributed by atoms with Gasteiger partial charge in [-0.15, -0.1) is 0 Å². The number of hydrogen-bond donors (Lipinski definition) is 1. The minimum absolute atomic E-state index is 0.641. The Bertz CT molecular complexity index is 499. The van der Waals surface area contributed by atoms with E-state index in [4.69, 9.17) is 16.3 Å². The van der Waals surface area contributed by atoms with E-state index in [1.165, 1.54) is 5.56 Å². The van der Waals surface area contributed by atoms with Crippen molar-refractivity contribution in [2.24, 2.45) is 0 Å². The topological polar surface area (TPSA) is 21.3 Å². The smallest absolute Gasteiger partial charge is 0.142 e. The van der Waals surface area contributed by atoms with Crippen LogP contribution in [0, 0.1) is 0 Å². The molecule has 0 amide bonds. The van der Waals surface area contributed by atoms with Crippen molar-refractivity contribution in [1.29, 1.82) is 0 Å². The van der Waals surface area contributed by atoms with Crippen LogP contribution in [0.2, 0.25) is 5.02 Å². The van der Waals surface area contributed by atoms with Crippen LogP contribution in [-0.4, -0.2) is 6.61 Å². The summed E-state index contributed by atoms with van der Waals surface area (Å²) in [5.74, 6) is 0.831. The molecule has 1 N–H and O–H groups in total. The van der Waals surface area contributed by atoms with Crippen LogP contribution in [0.4, 0.5) is 5.69 Å². The first-order valence-electron chi connectivity index (χ1n) is 5.99. The van der Waals surface area contributed by atoms with Crippen LogP contribution < -0.4 is 10.1 Å². The number of hydrogen-bond acceptors (Lipinski definition) is 2. The van der Waals surface area contributed by atoms with Gasteiger partial charge >= 0.3 is 0 Å². The van der Waals surface area contributed by atoms with Crippen molar-refractivity contribution >= 4 is 17.3 Å². The van der Waals surface area contributed by atoms with E-state index in [1.54, 1.807) is 0 Å². The maximum Gasteiger partial charge on any atom is 0.142 e. The highest BCUT2D eigenvalue weighted by Gasteiger charge is 2.04. The normalized spacial score (nSPS) is 10.1. The van der Waals surface area contributed by atoms with Crippen molar-refractivity contribution in [3.63, 3.8) is 0 Å². The summed E-state index contributed by atoms with van der Waals surface area (Å²) >= 11 is 6.00. The number of anilines is 1. The average Bonchev–Trinajstić information content (AvgIpc) is 2.40.